The van der Waals surface area contributed by atoms with Crippen LogP contribution in [-0.2, 0) is 6.54 Å². The molecule has 0 aliphatic rings. The molecule has 2 aromatic rings. The average Bonchev–Trinajstić information content (AvgIpc) is 2.69. The Morgan fingerprint density at radius 3 is 3.00 bits per heavy atom. The van der Waals surface area contributed by atoms with Crippen LogP contribution >= 0.6 is 38.9 Å². The van der Waals surface area contributed by atoms with Gasteiger partial charge in [0.05, 0.1) is 20.0 Å². The van der Waals surface area contributed by atoms with Crippen LogP contribution in [0.15, 0.2) is 27.0 Å². The molecule has 0 amide bonds. The van der Waals surface area contributed by atoms with E-state index in [1.807, 2.05) is 11.4 Å². The zero-order valence-electron chi connectivity index (χ0n) is 8.81. The first-order valence-electron chi connectivity index (χ1n) is 4.64. The second-order valence-corrected chi connectivity index (χ2v) is 5.41. The molecule has 0 unspecified atom stereocenters. The Hall–Kier alpha value is -0.850. The van der Waals surface area contributed by atoms with Crippen LogP contribution in [0.1, 0.15) is 4.88 Å². The Morgan fingerprint density at radius 1 is 1.65 bits per heavy atom. The van der Waals surface area contributed by atoms with Crippen molar-refractivity contribution in [3.8, 4) is 5.75 Å². The summed E-state index contributed by atoms with van der Waals surface area (Å²) in [5, 5.41) is 2.03. The molecule has 0 saturated heterocycles. The summed E-state index contributed by atoms with van der Waals surface area (Å²) in [5.41, 5.74) is -0.284. The van der Waals surface area contributed by atoms with E-state index in [0.29, 0.717) is 6.54 Å². The van der Waals surface area contributed by atoms with Crippen LogP contribution in [0.25, 0.3) is 0 Å². The molecule has 0 bridgehead atoms. The van der Waals surface area contributed by atoms with Crippen LogP contribution in [-0.4, -0.2) is 16.7 Å². The molecule has 4 nitrogen and oxygen atoms in total. The molecule has 0 spiro atoms. The molecule has 0 saturated carbocycles. The summed E-state index contributed by atoms with van der Waals surface area (Å²) in [6.45, 7) is 0.442. The predicted molar refractivity (Wildman–Crippen MR) is 71.2 cm³/mol. The second-order valence-electron chi connectivity index (χ2n) is 3.19. The number of hydrogen-bond donors (Lipinski definition) is 0. The SMILES string of the molecule is COc1c(Cl)ncn(Cc2sccc2Br)c1=O. The van der Waals surface area contributed by atoms with E-state index in [4.69, 9.17) is 16.3 Å². The molecule has 2 rings (SSSR count). The summed E-state index contributed by atoms with van der Waals surface area (Å²) in [7, 11) is 1.40. The maximum absolute atomic E-state index is 12.0. The Morgan fingerprint density at radius 2 is 2.41 bits per heavy atom. The molecule has 7 heteroatoms. The summed E-state index contributed by atoms with van der Waals surface area (Å²) in [5.74, 6) is 0.0712. The summed E-state index contributed by atoms with van der Waals surface area (Å²) in [6, 6.07) is 1.94. The van der Waals surface area contributed by atoms with E-state index in [1.165, 1.54) is 18.0 Å². The van der Waals surface area contributed by atoms with Gasteiger partial charge in [-0.3, -0.25) is 9.36 Å². The quantitative estimate of drug-likeness (QED) is 0.810. The summed E-state index contributed by atoms with van der Waals surface area (Å²) in [6.07, 6.45) is 1.42. The molecule has 2 heterocycles. The van der Waals surface area contributed by atoms with E-state index in [-0.39, 0.29) is 16.5 Å². The van der Waals surface area contributed by atoms with E-state index < -0.39 is 0 Å². The first-order chi connectivity index (χ1) is 8.13. The number of nitrogens with zero attached hydrogens (tertiary/aromatic N) is 2. The minimum absolute atomic E-state index is 0.0712. The van der Waals surface area contributed by atoms with Crippen molar-refractivity contribution in [3.05, 3.63) is 42.6 Å². The van der Waals surface area contributed by atoms with Gasteiger partial charge in [0, 0.05) is 9.35 Å². The number of aromatic nitrogens is 2. The van der Waals surface area contributed by atoms with Gasteiger partial charge in [-0.1, -0.05) is 11.6 Å². The van der Waals surface area contributed by atoms with Gasteiger partial charge in [0.15, 0.2) is 5.15 Å². The van der Waals surface area contributed by atoms with Crippen molar-refractivity contribution in [1.82, 2.24) is 9.55 Å². The third-order valence-electron chi connectivity index (χ3n) is 2.16. The van der Waals surface area contributed by atoms with Gasteiger partial charge in [-0.25, -0.2) is 4.98 Å². The van der Waals surface area contributed by atoms with Crippen LogP contribution in [0.3, 0.4) is 0 Å². The largest absolute Gasteiger partial charge is 0.489 e. The van der Waals surface area contributed by atoms with Gasteiger partial charge < -0.3 is 4.74 Å². The minimum atomic E-state index is -0.284. The van der Waals surface area contributed by atoms with Crippen LogP contribution in [0.2, 0.25) is 5.15 Å². The zero-order chi connectivity index (χ0) is 12.4. The van der Waals surface area contributed by atoms with Gasteiger partial charge in [-0.15, -0.1) is 11.3 Å². The lowest BCUT2D eigenvalue weighted by molar-refractivity contribution is 0.401. The number of rotatable bonds is 3. The molecule has 90 valence electrons. The molecule has 0 fully saturated rings. The minimum Gasteiger partial charge on any atom is -0.489 e. The highest BCUT2D eigenvalue weighted by molar-refractivity contribution is 9.10. The fraction of sp³-hybridized carbons (Fsp3) is 0.200. The third-order valence-corrected chi connectivity index (χ3v) is 4.34. The number of thiophene rings is 1. The number of ether oxygens (including phenoxy) is 1. The lowest BCUT2D eigenvalue weighted by atomic mass is 10.4. The lowest BCUT2D eigenvalue weighted by Gasteiger charge is -2.07. The van der Waals surface area contributed by atoms with Crippen molar-refractivity contribution in [2.45, 2.75) is 6.54 Å². The number of hydrogen-bond acceptors (Lipinski definition) is 4. The molecular formula is C10H8BrClN2O2S. The number of halogens is 2. The smallest absolute Gasteiger partial charge is 0.297 e. The maximum atomic E-state index is 12.0. The fourth-order valence-electron chi connectivity index (χ4n) is 1.33. The Labute approximate surface area is 115 Å². The summed E-state index contributed by atoms with van der Waals surface area (Å²) < 4.78 is 7.36. The normalized spacial score (nSPS) is 10.5. The van der Waals surface area contributed by atoms with Crippen molar-refractivity contribution in [2.75, 3.05) is 7.11 Å². The van der Waals surface area contributed by atoms with Gasteiger partial charge >= 0.3 is 0 Å². The standard InChI is InChI=1S/C10H8BrClN2O2S/c1-16-8-9(12)13-5-14(10(8)15)4-7-6(11)2-3-17-7/h2-3,5H,4H2,1H3. The molecule has 0 N–H and O–H groups in total. The second kappa shape index (κ2) is 5.20. The lowest BCUT2D eigenvalue weighted by Crippen LogP contribution is -2.22. The van der Waals surface area contributed by atoms with E-state index >= 15 is 0 Å². The maximum Gasteiger partial charge on any atom is 0.297 e. The predicted octanol–water partition coefficient (Wildman–Crippen LogP) is 2.78. The molecule has 0 aliphatic carbocycles. The molecule has 0 radical (unpaired) electrons. The highest BCUT2D eigenvalue weighted by atomic mass is 79.9. The average molecular weight is 336 g/mol. The van der Waals surface area contributed by atoms with Gasteiger partial charge in [0.1, 0.15) is 0 Å². The molecular weight excluding hydrogens is 328 g/mol. The van der Waals surface area contributed by atoms with Crippen LogP contribution in [0, 0.1) is 0 Å². The Bertz CT molecular complexity index is 596. The van der Waals surface area contributed by atoms with Crippen molar-refractivity contribution >= 4 is 38.9 Å². The van der Waals surface area contributed by atoms with Crippen molar-refractivity contribution in [2.24, 2.45) is 0 Å². The summed E-state index contributed by atoms with van der Waals surface area (Å²) in [4.78, 5) is 16.9. The summed E-state index contributed by atoms with van der Waals surface area (Å²) >= 11 is 10.7. The van der Waals surface area contributed by atoms with E-state index in [0.717, 1.165) is 9.35 Å². The molecule has 0 aromatic carbocycles. The molecule has 17 heavy (non-hydrogen) atoms. The molecule has 0 aliphatic heterocycles. The molecule has 0 atom stereocenters. The van der Waals surface area contributed by atoms with Crippen LogP contribution in [0.4, 0.5) is 0 Å². The van der Waals surface area contributed by atoms with Crippen molar-refractivity contribution in [1.29, 1.82) is 0 Å². The topological polar surface area (TPSA) is 44.1 Å². The van der Waals surface area contributed by atoms with E-state index in [9.17, 15) is 4.79 Å². The van der Waals surface area contributed by atoms with Crippen LogP contribution in [0.5, 0.6) is 5.75 Å². The van der Waals surface area contributed by atoms with Gasteiger partial charge in [0.2, 0.25) is 5.75 Å². The third kappa shape index (κ3) is 2.53. The first kappa shape index (κ1) is 12.6. The van der Waals surface area contributed by atoms with E-state index in [1.54, 1.807) is 11.3 Å². The number of methoxy groups -OCH3 is 1. The Kier molecular flexibility index (Phi) is 3.86. The highest BCUT2D eigenvalue weighted by Crippen LogP contribution is 2.23. The van der Waals surface area contributed by atoms with E-state index in [2.05, 4.69) is 20.9 Å². The monoisotopic (exact) mass is 334 g/mol. The fourth-order valence-corrected chi connectivity index (χ4v) is 3.00. The van der Waals surface area contributed by atoms with Crippen LogP contribution < -0.4 is 10.3 Å². The highest BCUT2D eigenvalue weighted by Gasteiger charge is 2.11. The van der Waals surface area contributed by atoms with Crippen molar-refractivity contribution < 1.29 is 4.74 Å². The Balaban J connectivity index is 2.41. The first-order valence-corrected chi connectivity index (χ1v) is 6.69. The molecule has 2 aromatic heterocycles. The van der Waals surface area contributed by atoms with Gasteiger partial charge in [0.25, 0.3) is 5.56 Å². The zero-order valence-corrected chi connectivity index (χ0v) is 12.0. The van der Waals surface area contributed by atoms with Gasteiger partial charge in [-0.2, -0.15) is 0 Å². The van der Waals surface area contributed by atoms with Gasteiger partial charge in [-0.05, 0) is 27.4 Å². The van der Waals surface area contributed by atoms with Crippen molar-refractivity contribution in [3.63, 3.8) is 0 Å².